The first kappa shape index (κ1) is 13.0. The zero-order chi connectivity index (χ0) is 12.1. The van der Waals surface area contributed by atoms with Crippen molar-refractivity contribution in [3.05, 3.63) is 29.3 Å². The zero-order valence-corrected chi connectivity index (χ0v) is 10.7. The van der Waals surface area contributed by atoms with Crippen molar-refractivity contribution in [2.45, 2.75) is 39.7 Å². The normalized spacial score (nSPS) is 12.9. The van der Waals surface area contributed by atoms with Gasteiger partial charge in [0.2, 0.25) is 0 Å². The molecule has 1 unspecified atom stereocenters. The molecule has 0 aliphatic carbocycles. The maximum Gasteiger partial charge on any atom is 0.119 e. The Labute approximate surface area is 98.3 Å². The van der Waals surface area contributed by atoms with Gasteiger partial charge < -0.3 is 9.84 Å². The summed E-state index contributed by atoms with van der Waals surface area (Å²) in [5, 5.41) is 10.3. The minimum Gasteiger partial charge on any atom is -0.497 e. The maximum absolute atomic E-state index is 10.3. The summed E-state index contributed by atoms with van der Waals surface area (Å²) >= 11 is 0. The van der Waals surface area contributed by atoms with E-state index in [9.17, 15) is 5.11 Å². The van der Waals surface area contributed by atoms with E-state index in [2.05, 4.69) is 13.8 Å². The molecule has 0 bridgehead atoms. The van der Waals surface area contributed by atoms with Crippen LogP contribution in [0.1, 0.15) is 43.9 Å². The molecule has 0 aliphatic heterocycles. The summed E-state index contributed by atoms with van der Waals surface area (Å²) in [6, 6.07) is 5.87. The van der Waals surface area contributed by atoms with E-state index >= 15 is 0 Å². The Balaban J connectivity index is 3.01. The Kier molecular flexibility index (Phi) is 4.81. The van der Waals surface area contributed by atoms with Crippen LogP contribution in [0.5, 0.6) is 5.75 Å². The molecule has 0 saturated carbocycles. The highest BCUT2D eigenvalue weighted by Crippen LogP contribution is 2.31. The van der Waals surface area contributed by atoms with E-state index in [-0.39, 0.29) is 6.10 Å². The second kappa shape index (κ2) is 5.90. The van der Waals surface area contributed by atoms with Gasteiger partial charge in [-0.05, 0) is 36.1 Å². The van der Waals surface area contributed by atoms with Crippen LogP contribution in [-0.2, 0) is 0 Å². The first-order chi connectivity index (χ1) is 7.63. The molecule has 0 aromatic heterocycles. The number of rotatable bonds is 5. The molecule has 2 nitrogen and oxygen atoms in total. The number of hydrogen-bond acceptors (Lipinski definition) is 2. The van der Waals surface area contributed by atoms with Crippen LogP contribution in [0.2, 0.25) is 0 Å². The standard InChI is InChI=1S/C14H22O2/c1-5-11(6-2)14(15)13-9-12(16-4)8-7-10(13)3/h7-9,11,14-15H,5-6H2,1-4H3. The fourth-order valence-electron chi connectivity index (χ4n) is 2.05. The van der Waals surface area contributed by atoms with Crippen molar-refractivity contribution in [1.82, 2.24) is 0 Å². The van der Waals surface area contributed by atoms with E-state index < -0.39 is 0 Å². The molecule has 0 spiro atoms. The van der Waals surface area contributed by atoms with Gasteiger partial charge >= 0.3 is 0 Å². The quantitative estimate of drug-likeness (QED) is 0.826. The van der Waals surface area contributed by atoms with Crippen LogP contribution in [0.4, 0.5) is 0 Å². The van der Waals surface area contributed by atoms with Crippen LogP contribution in [0.15, 0.2) is 18.2 Å². The SMILES string of the molecule is CCC(CC)C(O)c1cc(OC)ccc1C. The summed E-state index contributed by atoms with van der Waals surface area (Å²) in [7, 11) is 1.65. The van der Waals surface area contributed by atoms with Crippen molar-refractivity contribution in [3.63, 3.8) is 0 Å². The third-order valence-electron chi connectivity index (χ3n) is 3.30. The smallest absolute Gasteiger partial charge is 0.119 e. The molecule has 1 N–H and O–H groups in total. The monoisotopic (exact) mass is 222 g/mol. The fraction of sp³-hybridized carbons (Fsp3) is 0.571. The van der Waals surface area contributed by atoms with E-state index in [1.807, 2.05) is 25.1 Å². The molecule has 0 radical (unpaired) electrons. The van der Waals surface area contributed by atoms with E-state index in [0.717, 1.165) is 29.7 Å². The van der Waals surface area contributed by atoms with Crippen LogP contribution in [0.3, 0.4) is 0 Å². The molecule has 0 aliphatic rings. The summed E-state index contributed by atoms with van der Waals surface area (Å²) in [6.45, 7) is 6.26. The number of aliphatic hydroxyl groups excluding tert-OH is 1. The van der Waals surface area contributed by atoms with Crippen LogP contribution in [-0.4, -0.2) is 12.2 Å². The number of hydrogen-bond donors (Lipinski definition) is 1. The highest BCUT2D eigenvalue weighted by atomic mass is 16.5. The molecular weight excluding hydrogens is 200 g/mol. The molecule has 1 aromatic carbocycles. The van der Waals surface area contributed by atoms with Crippen LogP contribution in [0, 0.1) is 12.8 Å². The molecule has 90 valence electrons. The molecule has 0 amide bonds. The van der Waals surface area contributed by atoms with Crippen LogP contribution >= 0.6 is 0 Å². The van der Waals surface area contributed by atoms with Gasteiger partial charge in [0.15, 0.2) is 0 Å². The largest absolute Gasteiger partial charge is 0.497 e. The van der Waals surface area contributed by atoms with Gasteiger partial charge in [-0.3, -0.25) is 0 Å². The Morgan fingerprint density at radius 2 is 1.88 bits per heavy atom. The third kappa shape index (κ3) is 2.76. The minimum atomic E-state index is -0.384. The number of ether oxygens (including phenoxy) is 1. The summed E-state index contributed by atoms with van der Waals surface area (Å²) in [5.41, 5.74) is 2.12. The number of aliphatic hydroxyl groups is 1. The molecular formula is C14H22O2. The predicted octanol–water partition coefficient (Wildman–Crippen LogP) is 3.47. The first-order valence-electron chi connectivity index (χ1n) is 5.96. The lowest BCUT2D eigenvalue weighted by Crippen LogP contribution is -2.12. The number of methoxy groups -OCH3 is 1. The number of aryl methyl sites for hydroxylation is 1. The highest BCUT2D eigenvalue weighted by Gasteiger charge is 2.19. The molecule has 2 heteroatoms. The van der Waals surface area contributed by atoms with Gasteiger partial charge in [-0.1, -0.05) is 32.8 Å². The van der Waals surface area contributed by atoms with Gasteiger partial charge in [-0.15, -0.1) is 0 Å². The molecule has 1 aromatic rings. The topological polar surface area (TPSA) is 29.5 Å². The average Bonchev–Trinajstić information content (AvgIpc) is 2.31. The van der Waals surface area contributed by atoms with Crippen molar-refractivity contribution in [3.8, 4) is 5.75 Å². The van der Waals surface area contributed by atoms with Crippen molar-refractivity contribution >= 4 is 0 Å². The Hall–Kier alpha value is -1.02. The zero-order valence-electron chi connectivity index (χ0n) is 10.7. The first-order valence-corrected chi connectivity index (χ1v) is 5.96. The van der Waals surface area contributed by atoms with Gasteiger partial charge in [-0.2, -0.15) is 0 Å². The van der Waals surface area contributed by atoms with Crippen molar-refractivity contribution in [2.24, 2.45) is 5.92 Å². The van der Waals surface area contributed by atoms with Crippen molar-refractivity contribution < 1.29 is 9.84 Å². The second-order valence-corrected chi connectivity index (χ2v) is 4.24. The van der Waals surface area contributed by atoms with E-state index in [0.29, 0.717) is 5.92 Å². The Bertz CT molecular complexity index is 330. The highest BCUT2D eigenvalue weighted by molar-refractivity contribution is 5.36. The lowest BCUT2D eigenvalue weighted by atomic mass is 9.89. The lowest BCUT2D eigenvalue weighted by molar-refractivity contribution is 0.102. The van der Waals surface area contributed by atoms with Crippen LogP contribution in [0.25, 0.3) is 0 Å². The average molecular weight is 222 g/mol. The summed E-state index contributed by atoms with van der Waals surface area (Å²) in [4.78, 5) is 0. The summed E-state index contributed by atoms with van der Waals surface area (Å²) in [5.74, 6) is 1.14. The minimum absolute atomic E-state index is 0.325. The molecule has 0 saturated heterocycles. The van der Waals surface area contributed by atoms with Crippen molar-refractivity contribution in [2.75, 3.05) is 7.11 Å². The summed E-state index contributed by atoms with van der Waals surface area (Å²) in [6.07, 6.45) is 1.60. The Morgan fingerprint density at radius 1 is 1.25 bits per heavy atom. The van der Waals surface area contributed by atoms with Gasteiger partial charge in [0.1, 0.15) is 5.75 Å². The van der Waals surface area contributed by atoms with E-state index in [1.54, 1.807) is 7.11 Å². The van der Waals surface area contributed by atoms with Crippen LogP contribution < -0.4 is 4.74 Å². The second-order valence-electron chi connectivity index (χ2n) is 4.24. The lowest BCUT2D eigenvalue weighted by Gasteiger charge is -2.22. The molecule has 16 heavy (non-hydrogen) atoms. The van der Waals surface area contributed by atoms with Gasteiger partial charge in [0.25, 0.3) is 0 Å². The third-order valence-corrected chi connectivity index (χ3v) is 3.30. The molecule has 0 fully saturated rings. The maximum atomic E-state index is 10.3. The van der Waals surface area contributed by atoms with Gasteiger partial charge in [0.05, 0.1) is 13.2 Å². The number of benzene rings is 1. The van der Waals surface area contributed by atoms with E-state index in [4.69, 9.17) is 4.74 Å². The molecule has 1 rings (SSSR count). The predicted molar refractivity (Wildman–Crippen MR) is 66.8 cm³/mol. The van der Waals surface area contributed by atoms with E-state index in [1.165, 1.54) is 0 Å². The summed E-state index contributed by atoms with van der Waals surface area (Å²) < 4.78 is 5.20. The van der Waals surface area contributed by atoms with Gasteiger partial charge in [-0.25, -0.2) is 0 Å². The molecule has 1 atom stereocenters. The Morgan fingerprint density at radius 3 is 2.38 bits per heavy atom. The molecule has 0 heterocycles. The van der Waals surface area contributed by atoms with Crippen molar-refractivity contribution in [1.29, 1.82) is 0 Å². The fourth-order valence-corrected chi connectivity index (χ4v) is 2.05. The van der Waals surface area contributed by atoms with Gasteiger partial charge in [0, 0.05) is 0 Å².